The molecule has 1 aromatic carbocycles. The zero-order valence-corrected chi connectivity index (χ0v) is 18.6. The maximum atomic E-state index is 12.4. The van der Waals surface area contributed by atoms with Crippen molar-refractivity contribution < 1.29 is 22.7 Å². The molecule has 34 heavy (non-hydrogen) atoms. The van der Waals surface area contributed by atoms with Gasteiger partial charge in [0.1, 0.15) is 11.6 Å². The van der Waals surface area contributed by atoms with Gasteiger partial charge in [0.15, 0.2) is 0 Å². The van der Waals surface area contributed by atoms with Crippen LogP contribution in [-0.4, -0.2) is 41.5 Å². The van der Waals surface area contributed by atoms with E-state index < -0.39 is 6.36 Å². The van der Waals surface area contributed by atoms with Gasteiger partial charge in [0, 0.05) is 37.1 Å². The number of aromatic nitrogens is 2. The molecule has 11 heteroatoms. The molecule has 0 aliphatic carbocycles. The largest absolute Gasteiger partial charge is 0.573 e. The fraction of sp³-hybridized carbons (Fsp3) is 0.261. The number of piperidine rings is 1. The van der Waals surface area contributed by atoms with E-state index in [1.165, 1.54) is 24.3 Å². The van der Waals surface area contributed by atoms with Gasteiger partial charge in [-0.1, -0.05) is 23.7 Å². The highest BCUT2D eigenvalue weighted by Crippen LogP contribution is 2.36. The Morgan fingerprint density at radius 1 is 1.09 bits per heavy atom. The number of carbonyl (C=O) groups excluding carboxylic acids is 1. The van der Waals surface area contributed by atoms with Crippen molar-refractivity contribution in [1.82, 2.24) is 15.3 Å². The van der Waals surface area contributed by atoms with Gasteiger partial charge in [0.05, 0.1) is 16.9 Å². The van der Waals surface area contributed by atoms with Crippen LogP contribution < -0.4 is 20.3 Å². The summed E-state index contributed by atoms with van der Waals surface area (Å²) in [5.74, 6) is 0.289. The Balaban J connectivity index is 1.37. The second-order valence-corrected chi connectivity index (χ2v) is 8.05. The zero-order chi connectivity index (χ0) is 24.1. The standard InChI is InChI=1S/C23H21ClF3N5O2/c24-20-19(15-3-5-18(6-4-15)34-23(25,26)27)7-11-29-21(20)32-12-8-16(9-13-32)30-22(33)31-17-2-1-10-28-14-17/h1-7,10-11,14,16H,8-9,12-13H2,(H2,30,31,33). The molecule has 4 rings (SSSR count). The Labute approximate surface area is 198 Å². The highest BCUT2D eigenvalue weighted by Gasteiger charge is 2.31. The molecule has 1 aliphatic heterocycles. The first-order valence-electron chi connectivity index (χ1n) is 10.5. The molecule has 1 fully saturated rings. The van der Waals surface area contributed by atoms with Gasteiger partial charge in [-0.3, -0.25) is 4.98 Å². The van der Waals surface area contributed by atoms with Crippen molar-refractivity contribution in [3.05, 3.63) is 66.1 Å². The van der Waals surface area contributed by atoms with Crippen LogP contribution in [0.3, 0.4) is 0 Å². The second kappa shape index (κ2) is 10.2. The predicted octanol–water partition coefficient (Wildman–Crippen LogP) is 5.49. The number of pyridine rings is 2. The van der Waals surface area contributed by atoms with Crippen molar-refractivity contribution in [1.29, 1.82) is 0 Å². The number of carbonyl (C=O) groups is 1. The van der Waals surface area contributed by atoms with E-state index in [-0.39, 0.29) is 17.8 Å². The molecule has 1 saturated heterocycles. The number of amides is 2. The first kappa shape index (κ1) is 23.6. The van der Waals surface area contributed by atoms with Gasteiger partial charge in [-0.25, -0.2) is 9.78 Å². The van der Waals surface area contributed by atoms with Crippen LogP contribution in [0.25, 0.3) is 11.1 Å². The maximum absolute atomic E-state index is 12.4. The molecule has 2 amide bonds. The summed E-state index contributed by atoms with van der Waals surface area (Å²) in [6, 6.07) is 10.4. The Bertz CT molecular complexity index is 1120. The smallest absolute Gasteiger partial charge is 0.406 e. The molecule has 2 N–H and O–H groups in total. The van der Waals surface area contributed by atoms with Crippen molar-refractivity contribution in [2.75, 3.05) is 23.3 Å². The van der Waals surface area contributed by atoms with Crippen LogP contribution in [0.2, 0.25) is 5.02 Å². The van der Waals surface area contributed by atoms with E-state index in [9.17, 15) is 18.0 Å². The highest BCUT2D eigenvalue weighted by atomic mass is 35.5. The summed E-state index contributed by atoms with van der Waals surface area (Å²) in [4.78, 5) is 22.6. The second-order valence-electron chi connectivity index (χ2n) is 7.67. The molecule has 0 radical (unpaired) electrons. The molecule has 3 heterocycles. The number of ether oxygens (including phenoxy) is 1. The number of hydrogen-bond donors (Lipinski definition) is 2. The summed E-state index contributed by atoms with van der Waals surface area (Å²) in [5.41, 5.74) is 1.91. The lowest BCUT2D eigenvalue weighted by Crippen LogP contribution is -2.46. The van der Waals surface area contributed by atoms with Gasteiger partial charge in [-0.15, -0.1) is 13.2 Å². The van der Waals surface area contributed by atoms with Crippen LogP contribution in [-0.2, 0) is 0 Å². The molecular formula is C23H21ClF3N5O2. The summed E-state index contributed by atoms with van der Waals surface area (Å²) in [7, 11) is 0. The molecule has 7 nitrogen and oxygen atoms in total. The number of urea groups is 1. The fourth-order valence-electron chi connectivity index (χ4n) is 3.74. The Hall–Kier alpha value is -3.53. The number of halogens is 4. The van der Waals surface area contributed by atoms with Gasteiger partial charge >= 0.3 is 12.4 Å². The molecular weight excluding hydrogens is 471 g/mol. The highest BCUT2D eigenvalue weighted by molar-refractivity contribution is 6.35. The van der Waals surface area contributed by atoms with Crippen LogP contribution in [0, 0.1) is 0 Å². The summed E-state index contributed by atoms with van der Waals surface area (Å²) in [6.07, 6.45) is 1.47. The van der Waals surface area contributed by atoms with E-state index in [4.69, 9.17) is 11.6 Å². The zero-order valence-electron chi connectivity index (χ0n) is 17.8. The number of hydrogen-bond acceptors (Lipinski definition) is 5. The average molecular weight is 492 g/mol. The molecule has 0 atom stereocenters. The van der Waals surface area contributed by atoms with Gasteiger partial charge in [-0.2, -0.15) is 0 Å². The third kappa shape index (κ3) is 6.07. The van der Waals surface area contributed by atoms with Crippen molar-refractivity contribution >= 4 is 29.1 Å². The van der Waals surface area contributed by atoms with E-state index >= 15 is 0 Å². The maximum Gasteiger partial charge on any atom is 0.573 e. The molecule has 3 aromatic rings. The molecule has 0 saturated carbocycles. The molecule has 1 aliphatic rings. The first-order chi connectivity index (χ1) is 16.3. The number of anilines is 2. The van der Waals surface area contributed by atoms with Crippen LogP contribution >= 0.6 is 11.6 Å². The number of rotatable bonds is 5. The lowest BCUT2D eigenvalue weighted by atomic mass is 10.0. The van der Waals surface area contributed by atoms with E-state index in [1.807, 2.05) is 4.90 Å². The Kier molecular flexibility index (Phi) is 7.06. The van der Waals surface area contributed by atoms with E-state index in [0.717, 1.165) is 0 Å². The first-order valence-corrected chi connectivity index (χ1v) is 10.9. The quantitative estimate of drug-likeness (QED) is 0.493. The molecule has 0 bridgehead atoms. The van der Waals surface area contributed by atoms with Crippen molar-refractivity contribution in [3.8, 4) is 16.9 Å². The van der Waals surface area contributed by atoms with Crippen LogP contribution in [0.1, 0.15) is 12.8 Å². The summed E-state index contributed by atoms with van der Waals surface area (Å²) in [5, 5.41) is 6.12. The number of nitrogens with one attached hydrogen (secondary N) is 2. The van der Waals surface area contributed by atoms with Gasteiger partial charge in [0.2, 0.25) is 0 Å². The third-order valence-electron chi connectivity index (χ3n) is 5.32. The fourth-order valence-corrected chi connectivity index (χ4v) is 4.08. The minimum atomic E-state index is -4.75. The lowest BCUT2D eigenvalue weighted by molar-refractivity contribution is -0.274. The van der Waals surface area contributed by atoms with Crippen molar-refractivity contribution in [2.45, 2.75) is 25.2 Å². The monoisotopic (exact) mass is 491 g/mol. The summed E-state index contributed by atoms with van der Waals surface area (Å²) >= 11 is 6.63. The number of nitrogens with zero attached hydrogens (tertiary/aromatic N) is 3. The van der Waals surface area contributed by atoms with E-state index in [2.05, 4.69) is 25.3 Å². The Morgan fingerprint density at radius 3 is 2.47 bits per heavy atom. The van der Waals surface area contributed by atoms with Crippen LogP contribution in [0.4, 0.5) is 29.5 Å². The predicted molar refractivity (Wildman–Crippen MR) is 123 cm³/mol. The minimum Gasteiger partial charge on any atom is -0.406 e. The average Bonchev–Trinajstić information content (AvgIpc) is 2.80. The topological polar surface area (TPSA) is 79.4 Å². The van der Waals surface area contributed by atoms with E-state index in [0.29, 0.717) is 53.6 Å². The van der Waals surface area contributed by atoms with Crippen molar-refractivity contribution in [3.63, 3.8) is 0 Å². The van der Waals surface area contributed by atoms with E-state index in [1.54, 1.807) is 36.8 Å². The van der Waals surface area contributed by atoms with Gasteiger partial charge < -0.3 is 20.3 Å². The summed E-state index contributed by atoms with van der Waals surface area (Å²) < 4.78 is 41.1. The normalized spacial score (nSPS) is 14.5. The SMILES string of the molecule is O=C(Nc1cccnc1)NC1CCN(c2nccc(-c3ccc(OC(F)(F)F)cc3)c2Cl)CC1. The van der Waals surface area contributed by atoms with Gasteiger partial charge in [-0.05, 0) is 48.7 Å². The van der Waals surface area contributed by atoms with Crippen molar-refractivity contribution in [2.24, 2.45) is 0 Å². The molecule has 0 spiro atoms. The van der Waals surface area contributed by atoms with Crippen LogP contribution in [0.5, 0.6) is 5.75 Å². The number of benzene rings is 1. The molecule has 0 unspecified atom stereocenters. The lowest BCUT2D eigenvalue weighted by Gasteiger charge is -2.33. The number of alkyl halides is 3. The molecule has 178 valence electrons. The third-order valence-corrected chi connectivity index (χ3v) is 5.69. The van der Waals surface area contributed by atoms with Crippen LogP contribution in [0.15, 0.2) is 61.1 Å². The summed E-state index contributed by atoms with van der Waals surface area (Å²) in [6.45, 7) is 1.26. The van der Waals surface area contributed by atoms with Gasteiger partial charge in [0.25, 0.3) is 0 Å². The minimum absolute atomic E-state index is 0.00365. The molecule has 2 aromatic heterocycles. The Morgan fingerprint density at radius 2 is 1.82 bits per heavy atom.